The van der Waals surface area contributed by atoms with Gasteiger partial charge in [-0.2, -0.15) is 0 Å². The summed E-state index contributed by atoms with van der Waals surface area (Å²) in [5.74, 6) is 0.609. The molecule has 2 heterocycles. The number of halogens is 1. The van der Waals surface area contributed by atoms with Crippen molar-refractivity contribution in [2.24, 2.45) is 0 Å². The summed E-state index contributed by atoms with van der Waals surface area (Å²) in [7, 11) is 0. The van der Waals surface area contributed by atoms with Crippen LogP contribution in [0, 0.1) is 0 Å². The normalized spacial score (nSPS) is 29.2. The van der Waals surface area contributed by atoms with E-state index in [4.69, 9.17) is 11.6 Å². The topological polar surface area (TPSA) is 24.1 Å². The maximum Gasteiger partial charge on any atom is 0.0640 e. The first-order chi connectivity index (χ1) is 6.86. The van der Waals surface area contributed by atoms with Gasteiger partial charge in [0.2, 0.25) is 0 Å². The van der Waals surface area contributed by atoms with Gasteiger partial charge in [-0.3, -0.25) is 0 Å². The van der Waals surface area contributed by atoms with E-state index in [-0.39, 0.29) is 0 Å². The molecule has 0 radical (unpaired) electrons. The lowest BCUT2D eigenvalue weighted by Gasteiger charge is -2.26. The van der Waals surface area contributed by atoms with Crippen molar-refractivity contribution in [1.29, 1.82) is 0 Å². The second-order valence-electron chi connectivity index (χ2n) is 4.05. The van der Waals surface area contributed by atoms with E-state index in [1.54, 1.807) is 0 Å². The predicted molar refractivity (Wildman–Crippen MR) is 59.1 cm³/mol. The highest BCUT2D eigenvalue weighted by Gasteiger charge is 2.34. The fraction of sp³-hybridized carbons (Fsp3) is 0.455. The van der Waals surface area contributed by atoms with Crippen LogP contribution in [0.4, 0.5) is 5.69 Å². The van der Waals surface area contributed by atoms with Crippen LogP contribution in [0.5, 0.6) is 0 Å². The molecule has 0 amide bonds. The van der Waals surface area contributed by atoms with Crippen molar-refractivity contribution in [2.75, 3.05) is 18.4 Å². The number of piperidine rings is 1. The Balaban J connectivity index is 2.05. The monoisotopic (exact) mass is 208 g/mol. The molecule has 74 valence electrons. The van der Waals surface area contributed by atoms with E-state index in [1.165, 1.54) is 12.0 Å². The molecule has 2 atom stereocenters. The van der Waals surface area contributed by atoms with E-state index >= 15 is 0 Å². The number of para-hydroxylation sites is 1. The zero-order valence-electron chi connectivity index (χ0n) is 7.89. The SMILES string of the molecule is Clc1cccc2c1N[C@H]1CCNC[C@@H]21. The minimum atomic E-state index is 0.589. The standard InChI is InChI=1S/C11H13ClN2/c12-9-3-1-2-7-8-6-13-5-4-10(8)14-11(7)9/h1-3,8,10,13-14H,4-6H2/t8-,10-/m0/s1. The minimum Gasteiger partial charge on any atom is -0.380 e. The number of hydrogen-bond acceptors (Lipinski definition) is 2. The van der Waals surface area contributed by atoms with Gasteiger partial charge in [0.15, 0.2) is 0 Å². The quantitative estimate of drug-likeness (QED) is 0.683. The number of rotatable bonds is 0. The number of nitrogens with one attached hydrogen (secondary N) is 2. The molecule has 0 bridgehead atoms. The molecule has 0 unspecified atom stereocenters. The third-order valence-corrected chi connectivity index (χ3v) is 3.57. The zero-order valence-corrected chi connectivity index (χ0v) is 8.64. The summed E-state index contributed by atoms with van der Waals surface area (Å²) in [5, 5.41) is 7.82. The first kappa shape index (κ1) is 8.57. The van der Waals surface area contributed by atoms with Gasteiger partial charge in [0.05, 0.1) is 10.7 Å². The summed E-state index contributed by atoms with van der Waals surface area (Å²) < 4.78 is 0. The molecular weight excluding hydrogens is 196 g/mol. The molecule has 1 aromatic rings. The maximum atomic E-state index is 6.15. The highest BCUT2D eigenvalue weighted by atomic mass is 35.5. The molecule has 3 rings (SSSR count). The van der Waals surface area contributed by atoms with E-state index in [0.717, 1.165) is 23.8 Å². The molecule has 2 nitrogen and oxygen atoms in total. The van der Waals surface area contributed by atoms with Gasteiger partial charge in [-0.1, -0.05) is 23.7 Å². The smallest absolute Gasteiger partial charge is 0.0640 e. The average molecular weight is 209 g/mol. The van der Waals surface area contributed by atoms with Gasteiger partial charge in [-0.15, -0.1) is 0 Å². The lowest BCUT2D eigenvalue weighted by molar-refractivity contribution is 0.440. The van der Waals surface area contributed by atoms with Crippen LogP contribution in [0.15, 0.2) is 18.2 Å². The fourth-order valence-electron chi connectivity index (χ4n) is 2.55. The molecule has 0 spiro atoms. The van der Waals surface area contributed by atoms with Gasteiger partial charge in [-0.25, -0.2) is 0 Å². The highest BCUT2D eigenvalue weighted by Crippen LogP contribution is 2.41. The van der Waals surface area contributed by atoms with Crippen molar-refractivity contribution in [3.63, 3.8) is 0 Å². The Hall–Kier alpha value is -0.730. The second kappa shape index (κ2) is 3.14. The Labute approximate surface area is 88.6 Å². The third-order valence-electron chi connectivity index (χ3n) is 3.26. The van der Waals surface area contributed by atoms with E-state index in [9.17, 15) is 0 Å². The van der Waals surface area contributed by atoms with E-state index in [1.807, 2.05) is 12.1 Å². The Morgan fingerprint density at radius 1 is 1.36 bits per heavy atom. The molecule has 1 aromatic carbocycles. The summed E-state index contributed by atoms with van der Waals surface area (Å²) in [6.07, 6.45) is 1.19. The van der Waals surface area contributed by atoms with Crippen molar-refractivity contribution >= 4 is 17.3 Å². The number of anilines is 1. The molecule has 2 N–H and O–H groups in total. The first-order valence-electron chi connectivity index (χ1n) is 5.12. The molecule has 0 aliphatic carbocycles. The van der Waals surface area contributed by atoms with E-state index in [0.29, 0.717) is 12.0 Å². The molecule has 0 aromatic heterocycles. The van der Waals surface area contributed by atoms with Gasteiger partial charge in [-0.05, 0) is 24.6 Å². The maximum absolute atomic E-state index is 6.15. The second-order valence-corrected chi connectivity index (χ2v) is 4.46. The average Bonchev–Trinajstić information content (AvgIpc) is 2.59. The number of fused-ring (bicyclic) bond motifs is 3. The zero-order chi connectivity index (χ0) is 9.54. The molecular formula is C11H13ClN2. The van der Waals surface area contributed by atoms with Crippen molar-refractivity contribution in [2.45, 2.75) is 18.4 Å². The van der Waals surface area contributed by atoms with Crippen molar-refractivity contribution in [1.82, 2.24) is 5.32 Å². The van der Waals surface area contributed by atoms with Gasteiger partial charge in [0, 0.05) is 18.5 Å². The van der Waals surface area contributed by atoms with Crippen LogP contribution in [-0.2, 0) is 0 Å². The molecule has 2 aliphatic heterocycles. The Morgan fingerprint density at radius 2 is 2.29 bits per heavy atom. The molecule has 2 aliphatic rings. The lowest BCUT2D eigenvalue weighted by atomic mass is 9.91. The predicted octanol–water partition coefficient (Wildman–Crippen LogP) is 2.21. The van der Waals surface area contributed by atoms with Gasteiger partial charge in [0.25, 0.3) is 0 Å². The molecule has 1 fully saturated rings. The summed E-state index contributed by atoms with van der Waals surface area (Å²) in [5.41, 5.74) is 2.54. The van der Waals surface area contributed by atoms with Crippen LogP contribution < -0.4 is 10.6 Å². The highest BCUT2D eigenvalue weighted by molar-refractivity contribution is 6.33. The summed E-state index contributed by atoms with van der Waals surface area (Å²) in [6, 6.07) is 6.77. The van der Waals surface area contributed by atoms with Crippen LogP contribution in [0.25, 0.3) is 0 Å². The molecule has 0 saturated carbocycles. The molecule has 1 saturated heterocycles. The Kier molecular flexibility index (Phi) is 1.92. The van der Waals surface area contributed by atoms with Crippen molar-refractivity contribution in [3.8, 4) is 0 Å². The largest absolute Gasteiger partial charge is 0.380 e. The van der Waals surface area contributed by atoms with Crippen molar-refractivity contribution in [3.05, 3.63) is 28.8 Å². The van der Waals surface area contributed by atoms with Crippen molar-refractivity contribution < 1.29 is 0 Å². The lowest BCUT2D eigenvalue weighted by Crippen LogP contribution is -2.38. The summed E-state index contributed by atoms with van der Waals surface area (Å²) in [6.45, 7) is 2.19. The number of benzene rings is 1. The van der Waals surface area contributed by atoms with E-state index < -0.39 is 0 Å². The van der Waals surface area contributed by atoms with Crippen LogP contribution >= 0.6 is 11.6 Å². The first-order valence-corrected chi connectivity index (χ1v) is 5.50. The third kappa shape index (κ3) is 1.14. The van der Waals surface area contributed by atoms with Gasteiger partial charge >= 0.3 is 0 Å². The molecule has 3 heteroatoms. The summed E-state index contributed by atoms with van der Waals surface area (Å²) >= 11 is 6.15. The Bertz CT molecular complexity index is 364. The number of hydrogen-bond donors (Lipinski definition) is 2. The van der Waals surface area contributed by atoms with Crippen LogP contribution in [-0.4, -0.2) is 19.1 Å². The fourth-order valence-corrected chi connectivity index (χ4v) is 2.78. The minimum absolute atomic E-state index is 0.589. The van der Waals surface area contributed by atoms with Crippen LogP contribution in [0.2, 0.25) is 5.02 Å². The van der Waals surface area contributed by atoms with Crippen LogP contribution in [0.3, 0.4) is 0 Å². The van der Waals surface area contributed by atoms with E-state index in [2.05, 4.69) is 16.7 Å². The Morgan fingerprint density at radius 3 is 3.21 bits per heavy atom. The summed E-state index contributed by atoms with van der Waals surface area (Å²) in [4.78, 5) is 0. The molecule has 14 heavy (non-hydrogen) atoms. The van der Waals surface area contributed by atoms with Gasteiger partial charge in [0.1, 0.15) is 0 Å². The van der Waals surface area contributed by atoms with Gasteiger partial charge < -0.3 is 10.6 Å². The van der Waals surface area contributed by atoms with Crippen LogP contribution in [0.1, 0.15) is 17.9 Å².